The van der Waals surface area contributed by atoms with Gasteiger partial charge in [-0.2, -0.15) is 20.1 Å². The van der Waals surface area contributed by atoms with Crippen LogP contribution in [0.3, 0.4) is 0 Å². The second kappa shape index (κ2) is 9.79. The van der Waals surface area contributed by atoms with Crippen LogP contribution in [0.2, 0.25) is 0 Å². The molecule has 1 heterocycles. The first-order chi connectivity index (χ1) is 14.8. The third-order valence-corrected chi connectivity index (χ3v) is 4.14. The fourth-order valence-electron chi connectivity index (χ4n) is 2.69. The number of hydrogen-bond donors (Lipinski definition) is 3. The highest BCUT2D eigenvalue weighted by atomic mass is 15.4. The molecule has 0 aliphatic rings. The summed E-state index contributed by atoms with van der Waals surface area (Å²) in [7, 11) is 0. The minimum Gasteiger partial charge on any atom is -0.350 e. The molecule has 4 rings (SSSR count). The van der Waals surface area contributed by atoms with Crippen molar-refractivity contribution in [1.82, 2.24) is 15.0 Å². The molecule has 0 aliphatic carbocycles. The Morgan fingerprint density at radius 2 is 1.27 bits per heavy atom. The molecule has 0 unspecified atom stereocenters. The van der Waals surface area contributed by atoms with Crippen molar-refractivity contribution in [2.45, 2.75) is 6.54 Å². The first-order valence-electron chi connectivity index (χ1n) is 9.55. The van der Waals surface area contributed by atoms with Gasteiger partial charge in [0.2, 0.25) is 17.8 Å². The Labute approximate surface area is 175 Å². The van der Waals surface area contributed by atoms with Gasteiger partial charge in [-0.3, -0.25) is 0 Å². The van der Waals surface area contributed by atoms with Gasteiger partial charge in [0.15, 0.2) is 0 Å². The quantitative estimate of drug-likeness (QED) is 0.297. The summed E-state index contributed by atoms with van der Waals surface area (Å²) < 4.78 is 0. The van der Waals surface area contributed by atoms with Crippen molar-refractivity contribution in [3.8, 4) is 0 Å². The van der Waals surface area contributed by atoms with Gasteiger partial charge in [-0.25, -0.2) is 5.43 Å². The second-order valence-electron chi connectivity index (χ2n) is 6.42. The second-order valence-corrected chi connectivity index (χ2v) is 6.42. The Bertz CT molecular complexity index is 1080. The fourth-order valence-corrected chi connectivity index (χ4v) is 2.69. The predicted octanol–water partition coefficient (Wildman–Crippen LogP) is 4.67. The molecule has 4 aromatic rings. The fraction of sp³-hybridized carbons (Fsp3) is 0.0435. The number of hydrogen-bond acceptors (Lipinski definition) is 7. The number of nitrogens with one attached hydrogen (secondary N) is 3. The summed E-state index contributed by atoms with van der Waals surface area (Å²) in [6.45, 7) is 0.600. The van der Waals surface area contributed by atoms with Crippen molar-refractivity contribution in [1.29, 1.82) is 0 Å². The van der Waals surface area contributed by atoms with E-state index in [9.17, 15) is 0 Å². The van der Waals surface area contributed by atoms with E-state index in [0.29, 0.717) is 24.4 Å². The third kappa shape index (κ3) is 5.62. The minimum absolute atomic E-state index is 0.339. The molecule has 30 heavy (non-hydrogen) atoms. The van der Waals surface area contributed by atoms with Crippen LogP contribution in [0.1, 0.15) is 11.1 Å². The van der Waals surface area contributed by atoms with Crippen molar-refractivity contribution in [2.24, 2.45) is 5.10 Å². The van der Waals surface area contributed by atoms with Crippen LogP contribution in [-0.2, 0) is 6.54 Å². The summed E-state index contributed by atoms with van der Waals surface area (Å²) in [6.07, 6.45) is 1.71. The molecule has 3 aromatic carbocycles. The molecule has 0 spiro atoms. The first kappa shape index (κ1) is 19.1. The Kier molecular flexibility index (Phi) is 6.22. The highest BCUT2D eigenvalue weighted by Crippen LogP contribution is 2.16. The monoisotopic (exact) mass is 395 g/mol. The summed E-state index contributed by atoms with van der Waals surface area (Å²) >= 11 is 0. The Balaban J connectivity index is 1.52. The highest BCUT2D eigenvalue weighted by Gasteiger charge is 2.07. The maximum Gasteiger partial charge on any atom is 0.250 e. The first-order valence-corrected chi connectivity index (χ1v) is 9.55. The van der Waals surface area contributed by atoms with Crippen molar-refractivity contribution < 1.29 is 0 Å². The zero-order chi connectivity index (χ0) is 20.4. The molecular formula is C23H21N7. The van der Waals surface area contributed by atoms with Gasteiger partial charge in [-0.05, 0) is 23.3 Å². The molecule has 0 radical (unpaired) electrons. The molecule has 0 saturated heterocycles. The van der Waals surface area contributed by atoms with Gasteiger partial charge in [-0.1, -0.05) is 78.9 Å². The standard InChI is InChI=1S/C23H21N7/c1-4-10-18(11-5-1)16-24-21-27-22(26-20-14-8-3-9-15-20)29-23(28-21)30-25-17-19-12-6-2-7-13-19/h1-15,17H,16H2,(H3,24,26,27,28,29,30)/b25-17+. The molecule has 0 aliphatic heterocycles. The van der Waals surface area contributed by atoms with Crippen LogP contribution < -0.4 is 16.1 Å². The van der Waals surface area contributed by atoms with E-state index in [1.807, 2.05) is 91.0 Å². The number of nitrogens with zero attached hydrogens (tertiary/aromatic N) is 4. The summed E-state index contributed by atoms with van der Waals surface area (Å²) in [4.78, 5) is 13.3. The molecular weight excluding hydrogens is 374 g/mol. The maximum absolute atomic E-state index is 4.47. The van der Waals surface area contributed by atoms with Crippen LogP contribution in [0.25, 0.3) is 0 Å². The maximum atomic E-state index is 4.47. The molecule has 3 N–H and O–H groups in total. The SMILES string of the molecule is C(=N\Nc1nc(NCc2ccccc2)nc(Nc2ccccc2)n1)/c1ccccc1. The molecule has 7 heteroatoms. The summed E-state index contributed by atoms with van der Waals surface area (Å²) in [6, 6.07) is 29.6. The number of aromatic nitrogens is 3. The van der Waals surface area contributed by atoms with Crippen molar-refractivity contribution in [2.75, 3.05) is 16.1 Å². The van der Waals surface area contributed by atoms with Crippen LogP contribution in [0.15, 0.2) is 96.1 Å². The van der Waals surface area contributed by atoms with Gasteiger partial charge < -0.3 is 10.6 Å². The molecule has 0 fully saturated rings. The van der Waals surface area contributed by atoms with Crippen LogP contribution >= 0.6 is 0 Å². The summed E-state index contributed by atoms with van der Waals surface area (Å²) in [5, 5.41) is 10.7. The zero-order valence-electron chi connectivity index (χ0n) is 16.2. The lowest BCUT2D eigenvalue weighted by Gasteiger charge is -2.10. The van der Waals surface area contributed by atoms with Gasteiger partial charge in [0.1, 0.15) is 0 Å². The van der Waals surface area contributed by atoms with Crippen LogP contribution in [-0.4, -0.2) is 21.2 Å². The van der Waals surface area contributed by atoms with E-state index < -0.39 is 0 Å². The average molecular weight is 395 g/mol. The lowest BCUT2D eigenvalue weighted by atomic mass is 10.2. The number of rotatable bonds is 8. The van der Waals surface area contributed by atoms with E-state index in [2.05, 4.69) is 36.1 Å². The Morgan fingerprint density at radius 1 is 0.667 bits per heavy atom. The normalized spacial score (nSPS) is 10.7. The van der Waals surface area contributed by atoms with Crippen LogP contribution in [0.5, 0.6) is 0 Å². The highest BCUT2D eigenvalue weighted by molar-refractivity contribution is 5.79. The van der Waals surface area contributed by atoms with Gasteiger partial charge in [-0.15, -0.1) is 0 Å². The lowest BCUT2D eigenvalue weighted by Crippen LogP contribution is -2.09. The molecule has 0 atom stereocenters. The van der Waals surface area contributed by atoms with Crippen molar-refractivity contribution in [3.63, 3.8) is 0 Å². The summed E-state index contributed by atoms with van der Waals surface area (Å²) in [5.74, 6) is 1.21. The van der Waals surface area contributed by atoms with Gasteiger partial charge in [0.05, 0.1) is 6.21 Å². The van der Waals surface area contributed by atoms with E-state index in [4.69, 9.17) is 0 Å². The van der Waals surface area contributed by atoms with E-state index in [-0.39, 0.29) is 0 Å². The van der Waals surface area contributed by atoms with Crippen LogP contribution in [0.4, 0.5) is 23.5 Å². The van der Waals surface area contributed by atoms with Crippen LogP contribution in [0, 0.1) is 0 Å². The Morgan fingerprint density at radius 3 is 2.00 bits per heavy atom. The zero-order valence-corrected chi connectivity index (χ0v) is 16.2. The minimum atomic E-state index is 0.339. The lowest BCUT2D eigenvalue weighted by molar-refractivity contribution is 0.999. The molecule has 0 amide bonds. The largest absolute Gasteiger partial charge is 0.350 e. The van der Waals surface area contributed by atoms with E-state index in [1.54, 1.807) is 6.21 Å². The van der Waals surface area contributed by atoms with Gasteiger partial charge in [0.25, 0.3) is 0 Å². The molecule has 7 nitrogen and oxygen atoms in total. The third-order valence-electron chi connectivity index (χ3n) is 4.14. The Hall–Kier alpha value is -4.26. The summed E-state index contributed by atoms with van der Waals surface area (Å²) in [5.41, 5.74) is 5.88. The molecule has 1 aromatic heterocycles. The number of para-hydroxylation sites is 1. The molecule has 0 saturated carbocycles. The topological polar surface area (TPSA) is 87.1 Å². The van der Waals surface area contributed by atoms with E-state index in [1.165, 1.54) is 0 Å². The average Bonchev–Trinajstić information content (AvgIpc) is 2.80. The van der Waals surface area contributed by atoms with Crippen molar-refractivity contribution >= 4 is 29.7 Å². The molecule has 0 bridgehead atoms. The number of anilines is 4. The van der Waals surface area contributed by atoms with Crippen molar-refractivity contribution in [3.05, 3.63) is 102 Å². The van der Waals surface area contributed by atoms with Gasteiger partial charge in [0, 0.05) is 12.2 Å². The van der Waals surface area contributed by atoms with E-state index >= 15 is 0 Å². The van der Waals surface area contributed by atoms with E-state index in [0.717, 1.165) is 16.8 Å². The molecule has 148 valence electrons. The smallest absolute Gasteiger partial charge is 0.250 e. The number of hydrazone groups is 1. The predicted molar refractivity (Wildman–Crippen MR) is 121 cm³/mol. The van der Waals surface area contributed by atoms with Gasteiger partial charge >= 0.3 is 0 Å². The number of benzene rings is 3.